The second-order valence-electron chi connectivity index (χ2n) is 3.82. The van der Waals surface area contributed by atoms with Crippen LogP contribution in [0.5, 0.6) is 5.75 Å². The Morgan fingerprint density at radius 3 is 2.62 bits per heavy atom. The minimum atomic E-state index is 0.527. The molecule has 0 unspecified atom stereocenters. The van der Waals surface area contributed by atoms with Crippen LogP contribution < -0.4 is 4.74 Å². The summed E-state index contributed by atoms with van der Waals surface area (Å²) in [4.78, 5) is 13.5. The zero-order chi connectivity index (χ0) is 12.0. The van der Waals surface area contributed by atoms with Crippen molar-refractivity contribution in [1.82, 2.24) is 0 Å². The monoisotopic (exact) mass is 219 g/mol. The summed E-state index contributed by atoms with van der Waals surface area (Å²) in [5.41, 5.74) is 3.66. The molecular formula is C13H17NO2. The van der Waals surface area contributed by atoms with E-state index in [1.807, 2.05) is 6.07 Å². The van der Waals surface area contributed by atoms with Crippen LogP contribution in [0, 0.1) is 13.8 Å². The smallest absolute Gasteiger partial charge is 0.234 e. The largest absolute Gasteiger partial charge is 0.496 e. The van der Waals surface area contributed by atoms with Crippen molar-refractivity contribution in [3.05, 3.63) is 28.8 Å². The molecule has 0 aromatic heterocycles. The predicted molar refractivity (Wildman–Crippen MR) is 63.8 cm³/mol. The summed E-state index contributed by atoms with van der Waals surface area (Å²) in [6, 6.07) is 4.19. The highest BCUT2D eigenvalue weighted by Gasteiger charge is 2.05. The van der Waals surface area contributed by atoms with E-state index in [9.17, 15) is 4.79 Å². The van der Waals surface area contributed by atoms with E-state index in [0.717, 1.165) is 18.6 Å². The van der Waals surface area contributed by atoms with Gasteiger partial charge in [0, 0.05) is 0 Å². The first-order valence-corrected chi connectivity index (χ1v) is 5.36. The first kappa shape index (κ1) is 12.5. The van der Waals surface area contributed by atoms with Gasteiger partial charge in [0.05, 0.1) is 13.7 Å². The van der Waals surface area contributed by atoms with Gasteiger partial charge in [-0.3, -0.25) is 0 Å². The van der Waals surface area contributed by atoms with Gasteiger partial charge in [-0.25, -0.2) is 9.79 Å². The summed E-state index contributed by atoms with van der Waals surface area (Å²) < 4.78 is 5.33. The molecule has 3 nitrogen and oxygen atoms in total. The molecule has 0 spiro atoms. The molecule has 0 aliphatic heterocycles. The van der Waals surface area contributed by atoms with Gasteiger partial charge in [0.25, 0.3) is 0 Å². The molecule has 0 fully saturated rings. The lowest BCUT2D eigenvalue weighted by atomic mass is 10.0. The Labute approximate surface area is 96.2 Å². The van der Waals surface area contributed by atoms with E-state index in [0.29, 0.717) is 6.54 Å². The summed E-state index contributed by atoms with van der Waals surface area (Å²) >= 11 is 0. The fourth-order valence-electron chi connectivity index (χ4n) is 1.63. The third-order valence-electron chi connectivity index (χ3n) is 2.68. The lowest BCUT2D eigenvalue weighted by molar-refractivity contribution is 0.408. The summed E-state index contributed by atoms with van der Waals surface area (Å²) in [5.74, 6) is 0.915. The SMILES string of the molecule is COc1cc(C)c(C)cc1CCCN=C=O. The lowest BCUT2D eigenvalue weighted by Gasteiger charge is -2.11. The predicted octanol–water partition coefficient (Wildman–Crippen LogP) is 2.58. The number of carbonyl (C=O) groups excluding carboxylic acids is 1. The van der Waals surface area contributed by atoms with Crippen molar-refractivity contribution in [2.45, 2.75) is 26.7 Å². The molecule has 0 N–H and O–H groups in total. The summed E-state index contributed by atoms with van der Waals surface area (Å²) in [5, 5.41) is 0. The zero-order valence-electron chi connectivity index (χ0n) is 10.0. The van der Waals surface area contributed by atoms with Gasteiger partial charge in [-0.15, -0.1) is 0 Å². The third kappa shape index (κ3) is 3.21. The van der Waals surface area contributed by atoms with Crippen molar-refractivity contribution >= 4 is 6.08 Å². The minimum Gasteiger partial charge on any atom is -0.496 e. The fourth-order valence-corrected chi connectivity index (χ4v) is 1.63. The van der Waals surface area contributed by atoms with Crippen molar-refractivity contribution in [3.63, 3.8) is 0 Å². The molecule has 0 radical (unpaired) electrons. The summed E-state index contributed by atoms with van der Waals surface area (Å²) in [6.45, 7) is 4.68. The van der Waals surface area contributed by atoms with Crippen LogP contribution in [0.1, 0.15) is 23.1 Å². The van der Waals surface area contributed by atoms with Gasteiger partial charge in [-0.2, -0.15) is 0 Å². The number of hydrogen-bond donors (Lipinski definition) is 0. The van der Waals surface area contributed by atoms with Crippen LogP contribution >= 0.6 is 0 Å². The second kappa shape index (κ2) is 6.09. The lowest BCUT2D eigenvalue weighted by Crippen LogP contribution is -1.96. The minimum absolute atomic E-state index is 0.527. The molecule has 1 rings (SSSR count). The highest BCUT2D eigenvalue weighted by Crippen LogP contribution is 2.24. The Bertz CT molecular complexity index is 407. The fraction of sp³-hybridized carbons (Fsp3) is 0.462. The number of methoxy groups -OCH3 is 1. The van der Waals surface area contributed by atoms with Crippen LogP contribution in [-0.4, -0.2) is 19.7 Å². The molecule has 0 amide bonds. The van der Waals surface area contributed by atoms with Crippen LogP contribution in [0.15, 0.2) is 17.1 Å². The molecule has 0 atom stereocenters. The molecule has 1 aromatic rings. The van der Waals surface area contributed by atoms with E-state index < -0.39 is 0 Å². The zero-order valence-corrected chi connectivity index (χ0v) is 10.0. The van der Waals surface area contributed by atoms with E-state index in [1.165, 1.54) is 16.7 Å². The van der Waals surface area contributed by atoms with Crippen LogP contribution in [0.3, 0.4) is 0 Å². The number of aryl methyl sites for hydroxylation is 3. The maximum atomic E-state index is 9.92. The first-order valence-electron chi connectivity index (χ1n) is 5.36. The molecule has 86 valence electrons. The number of ether oxygens (including phenoxy) is 1. The van der Waals surface area contributed by atoms with Gasteiger partial charge in [-0.1, -0.05) is 6.07 Å². The van der Waals surface area contributed by atoms with E-state index in [1.54, 1.807) is 13.2 Å². The number of isocyanates is 1. The third-order valence-corrected chi connectivity index (χ3v) is 2.68. The van der Waals surface area contributed by atoms with Crippen LogP contribution in [0.4, 0.5) is 0 Å². The molecule has 0 heterocycles. The standard InChI is InChI=1S/C13H17NO2/c1-10-7-12(5-4-6-14-9-15)13(16-3)8-11(10)2/h7-8H,4-6H2,1-3H3. The molecule has 0 saturated carbocycles. The van der Waals surface area contributed by atoms with Gasteiger partial charge in [0.1, 0.15) is 5.75 Å². The van der Waals surface area contributed by atoms with Crippen molar-refractivity contribution in [2.24, 2.45) is 4.99 Å². The molecule has 0 aliphatic carbocycles. The number of nitrogens with zero attached hydrogens (tertiary/aromatic N) is 1. The number of aliphatic imine (C=N–C) groups is 1. The maximum Gasteiger partial charge on any atom is 0.234 e. The average molecular weight is 219 g/mol. The summed E-state index contributed by atoms with van der Waals surface area (Å²) in [7, 11) is 1.68. The maximum absolute atomic E-state index is 9.92. The molecule has 0 saturated heterocycles. The molecule has 0 aliphatic rings. The van der Waals surface area contributed by atoms with Crippen molar-refractivity contribution in [2.75, 3.05) is 13.7 Å². The highest BCUT2D eigenvalue weighted by atomic mass is 16.5. The number of hydrogen-bond acceptors (Lipinski definition) is 3. The van der Waals surface area contributed by atoms with Gasteiger partial charge < -0.3 is 4.74 Å². The van der Waals surface area contributed by atoms with Crippen molar-refractivity contribution in [1.29, 1.82) is 0 Å². The average Bonchev–Trinajstić information content (AvgIpc) is 2.28. The first-order chi connectivity index (χ1) is 7.69. The Morgan fingerprint density at radius 2 is 2.00 bits per heavy atom. The summed E-state index contributed by atoms with van der Waals surface area (Å²) in [6.07, 6.45) is 3.26. The molecule has 16 heavy (non-hydrogen) atoms. The molecule has 1 aromatic carbocycles. The second-order valence-corrected chi connectivity index (χ2v) is 3.82. The molecule has 0 bridgehead atoms. The van der Waals surface area contributed by atoms with Crippen LogP contribution in [0.2, 0.25) is 0 Å². The van der Waals surface area contributed by atoms with Crippen LogP contribution in [0.25, 0.3) is 0 Å². The van der Waals surface area contributed by atoms with E-state index >= 15 is 0 Å². The van der Waals surface area contributed by atoms with Crippen LogP contribution in [-0.2, 0) is 11.2 Å². The number of benzene rings is 1. The molecular weight excluding hydrogens is 202 g/mol. The normalized spacial score (nSPS) is 9.69. The Morgan fingerprint density at radius 1 is 1.31 bits per heavy atom. The van der Waals surface area contributed by atoms with Crippen molar-refractivity contribution in [3.8, 4) is 5.75 Å². The number of rotatable bonds is 5. The van der Waals surface area contributed by atoms with Crippen molar-refractivity contribution < 1.29 is 9.53 Å². The Hall–Kier alpha value is -1.60. The van der Waals surface area contributed by atoms with E-state index in [-0.39, 0.29) is 0 Å². The quantitative estimate of drug-likeness (QED) is 0.433. The van der Waals surface area contributed by atoms with Gasteiger partial charge >= 0.3 is 0 Å². The van der Waals surface area contributed by atoms with Gasteiger partial charge in [-0.05, 0) is 49.4 Å². The Kier molecular flexibility index (Phi) is 4.74. The topological polar surface area (TPSA) is 38.7 Å². The molecule has 3 heteroatoms. The van der Waals surface area contributed by atoms with E-state index in [2.05, 4.69) is 24.9 Å². The van der Waals surface area contributed by atoms with E-state index in [4.69, 9.17) is 4.74 Å². The highest BCUT2D eigenvalue weighted by molar-refractivity contribution is 5.41. The van der Waals surface area contributed by atoms with Gasteiger partial charge in [0.2, 0.25) is 6.08 Å². The van der Waals surface area contributed by atoms with Gasteiger partial charge in [0.15, 0.2) is 0 Å². The Balaban J connectivity index is 2.77.